The fraction of sp³-hybridized carbons (Fsp3) is 0.692. The topological polar surface area (TPSA) is 63.9 Å². The molecule has 0 aliphatic heterocycles. The van der Waals surface area contributed by atoms with Crippen molar-refractivity contribution in [2.75, 3.05) is 0 Å². The van der Waals surface area contributed by atoms with Crippen molar-refractivity contribution in [1.29, 1.82) is 0 Å². The molecule has 0 saturated heterocycles. The number of aromatic amines is 1. The SMILES string of the molecule is C.C.C.C.CC12CC3CC(C1)CC(NCc1ccc(Br)s1)(C3)C2.CC12CC3CC(C1)CC(NCc1ccc(Cl)s1)(C3)C2.CCc1ccc2cc(CNC34CC5CC(CC(C5)C3)C4)[nH]c2c1.CCc1ccc2cc(CNC34CC5CC(CC(C5)C3)C4)sc2c1. The first kappa shape index (κ1) is 67.4. The average molecular weight is 1330 g/mol. The molecule has 88 heavy (non-hydrogen) atoms. The van der Waals surface area contributed by atoms with Crippen molar-refractivity contribution in [3.63, 3.8) is 0 Å². The first-order valence-corrected chi connectivity index (χ1v) is 37.7. The van der Waals surface area contributed by atoms with Gasteiger partial charge in [-0.15, -0.1) is 34.0 Å². The lowest BCUT2D eigenvalue weighted by Crippen LogP contribution is -2.61. The molecule has 0 radical (unpaired) electrons. The Morgan fingerprint density at radius 2 is 0.841 bits per heavy atom. The highest BCUT2D eigenvalue weighted by Gasteiger charge is 2.57. The predicted octanol–water partition coefficient (Wildman–Crippen LogP) is 22.7. The van der Waals surface area contributed by atoms with Crippen molar-refractivity contribution in [1.82, 2.24) is 26.3 Å². The van der Waals surface area contributed by atoms with E-state index in [4.69, 9.17) is 11.6 Å². The van der Waals surface area contributed by atoms with Crippen molar-refractivity contribution >= 4 is 82.5 Å². The quantitative estimate of drug-likeness (QED) is 0.0754. The van der Waals surface area contributed by atoms with Crippen molar-refractivity contribution in [3.8, 4) is 0 Å². The van der Waals surface area contributed by atoms with Crippen LogP contribution in [-0.4, -0.2) is 27.1 Å². The molecule has 4 aromatic heterocycles. The lowest BCUT2D eigenvalue weighted by Gasteiger charge is -2.61. The Morgan fingerprint density at radius 1 is 0.432 bits per heavy atom. The second kappa shape index (κ2) is 26.6. The van der Waals surface area contributed by atoms with Crippen LogP contribution >= 0.6 is 61.5 Å². The van der Waals surface area contributed by atoms with Crippen LogP contribution in [0.1, 0.15) is 243 Å². The first-order chi connectivity index (χ1) is 40.5. The summed E-state index contributed by atoms with van der Waals surface area (Å²) in [5.41, 5.74) is 8.65. The van der Waals surface area contributed by atoms with Crippen LogP contribution in [0, 0.1) is 70.0 Å². The number of nitrogens with one attached hydrogen (secondary N) is 5. The van der Waals surface area contributed by atoms with Gasteiger partial charge in [0.15, 0.2) is 0 Å². The summed E-state index contributed by atoms with van der Waals surface area (Å²) >= 11 is 15.2. The van der Waals surface area contributed by atoms with Gasteiger partial charge in [0.25, 0.3) is 0 Å². The minimum absolute atomic E-state index is 0. The number of hydrogen-bond acceptors (Lipinski definition) is 7. The Hall–Kier alpha value is -2.05. The lowest BCUT2D eigenvalue weighted by atomic mass is 9.47. The molecule has 0 spiro atoms. The van der Waals surface area contributed by atoms with Gasteiger partial charge in [0.2, 0.25) is 0 Å². The highest BCUT2D eigenvalue weighted by molar-refractivity contribution is 9.11. The fourth-order valence-corrected chi connectivity index (χ4v) is 27.0. The van der Waals surface area contributed by atoms with Gasteiger partial charge in [0, 0.05) is 78.9 Å². The Kier molecular flexibility index (Phi) is 20.4. The summed E-state index contributed by atoms with van der Waals surface area (Å²) in [4.78, 5) is 8.00. The minimum Gasteiger partial charge on any atom is -0.357 e. The molecule has 6 aromatic rings. The monoisotopic (exact) mass is 1330 g/mol. The van der Waals surface area contributed by atoms with Gasteiger partial charge in [-0.1, -0.05) is 93.3 Å². The van der Waals surface area contributed by atoms with E-state index in [-0.39, 0.29) is 29.7 Å². The van der Waals surface area contributed by atoms with E-state index in [9.17, 15) is 0 Å². The molecule has 5 nitrogen and oxygen atoms in total. The normalized spacial score (nSPS) is 37.4. The number of aryl methyl sites for hydroxylation is 2. The van der Waals surface area contributed by atoms with Crippen LogP contribution in [-0.2, 0) is 39.0 Å². The summed E-state index contributed by atoms with van der Waals surface area (Å²) in [5, 5.41) is 18.7. The second-order valence-corrected chi connectivity index (χ2v) is 37.8. The molecule has 484 valence electrons. The third-order valence-corrected chi connectivity index (χ3v) is 28.8. The van der Waals surface area contributed by atoms with Crippen molar-refractivity contribution < 1.29 is 0 Å². The number of fused-ring (bicyclic) bond motifs is 2. The molecule has 4 heterocycles. The zero-order chi connectivity index (χ0) is 57.1. The highest BCUT2D eigenvalue weighted by Crippen LogP contribution is 2.63. The molecule has 22 rings (SSSR count). The number of H-pyrrole nitrogens is 1. The minimum atomic E-state index is 0. The molecule has 16 bridgehead atoms. The maximum Gasteiger partial charge on any atom is 0.0931 e. The summed E-state index contributed by atoms with van der Waals surface area (Å²) in [6.45, 7) is 13.7. The van der Waals surface area contributed by atoms with Crippen LogP contribution in [0.4, 0.5) is 0 Å². The standard InChI is InChI=1S/C21H28N2.C21H27NS.C16H22BrNS.C16H22ClNS.4CH4/c2*1-2-14-3-4-18-9-19(23-20(18)8-14)13-22-21-10-15-5-16(11-21)7-17(6-15)12-21;2*1-15-5-11-4-12(6-15)8-16(7-11,10-15)18-9-13-2-3-14(17)19-13;;;;/h3-4,8-9,15-17,22-23H,2,5-7,10-13H2,1H3;3-4,8-9,15-17,22H,2,5-7,10-13H2,1H3;2*2-3,11-12,18H,4-10H2,1H3;4*1H4. The number of rotatable bonds is 14. The summed E-state index contributed by atoms with van der Waals surface area (Å²) in [7, 11) is 0. The van der Waals surface area contributed by atoms with E-state index < -0.39 is 0 Å². The van der Waals surface area contributed by atoms with Crippen LogP contribution in [0.5, 0.6) is 0 Å². The zero-order valence-electron chi connectivity index (χ0n) is 51.4. The van der Waals surface area contributed by atoms with Crippen LogP contribution in [0.2, 0.25) is 4.34 Å². The van der Waals surface area contributed by atoms with E-state index in [0.717, 1.165) is 103 Å². The molecule has 16 aliphatic carbocycles. The molecule has 4 unspecified atom stereocenters. The predicted molar refractivity (Wildman–Crippen MR) is 387 cm³/mol. The molecular weight excluding hydrogens is 1220 g/mol. The lowest BCUT2D eigenvalue weighted by molar-refractivity contribution is -0.0728. The highest BCUT2D eigenvalue weighted by atomic mass is 79.9. The van der Waals surface area contributed by atoms with Crippen molar-refractivity contribution in [2.24, 2.45) is 70.0 Å². The second-order valence-electron chi connectivity index (χ2n) is 32.3. The molecule has 16 saturated carbocycles. The van der Waals surface area contributed by atoms with Gasteiger partial charge in [-0.25, -0.2) is 0 Å². The van der Waals surface area contributed by atoms with Crippen molar-refractivity contribution in [3.05, 3.63) is 112 Å². The summed E-state index contributed by atoms with van der Waals surface area (Å²) in [5.74, 6) is 10.1. The number of aromatic nitrogens is 1. The molecule has 10 heteroatoms. The van der Waals surface area contributed by atoms with E-state index in [1.165, 1.54) is 210 Å². The van der Waals surface area contributed by atoms with Gasteiger partial charge >= 0.3 is 0 Å². The Balaban J connectivity index is 0.000000120. The smallest absolute Gasteiger partial charge is 0.0931 e. The zero-order valence-corrected chi connectivity index (χ0v) is 56.2. The first-order valence-electron chi connectivity index (χ1n) is 34.1. The maximum absolute atomic E-state index is 6.03. The van der Waals surface area contributed by atoms with Gasteiger partial charge < -0.3 is 26.3 Å². The number of hydrogen-bond donors (Lipinski definition) is 5. The fourth-order valence-electron chi connectivity index (χ4n) is 23.5. The molecule has 2 aromatic carbocycles. The molecule has 16 fully saturated rings. The van der Waals surface area contributed by atoms with Crippen LogP contribution in [0.25, 0.3) is 21.0 Å². The van der Waals surface area contributed by atoms with E-state index >= 15 is 0 Å². The van der Waals surface area contributed by atoms with Gasteiger partial charge in [-0.05, 0) is 323 Å². The molecule has 0 amide bonds. The number of benzene rings is 2. The summed E-state index contributed by atoms with van der Waals surface area (Å²) in [6.07, 6.45) is 37.5. The van der Waals surface area contributed by atoms with Crippen LogP contribution in [0.15, 0.2) is 76.6 Å². The maximum atomic E-state index is 6.03. The van der Waals surface area contributed by atoms with E-state index in [0.29, 0.717) is 33.0 Å². The summed E-state index contributed by atoms with van der Waals surface area (Å²) in [6, 6.07) is 27.2. The Morgan fingerprint density at radius 3 is 1.28 bits per heavy atom. The van der Waals surface area contributed by atoms with Crippen LogP contribution in [0.3, 0.4) is 0 Å². The number of halogens is 2. The molecule has 5 N–H and O–H groups in total. The third-order valence-electron chi connectivity index (χ3n) is 24.8. The molecule has 4 atom stereocenters. The van der Waals surface area contributed by atoms with E-state index in [2.05, 4.69) is 137 Å². The average Bonchev–Trinajstić information content (AvgIpc) is 1.01. The van der Waals surface area contributed by atoms with Gasteiger partial charge in [-0.3, -0.25) is 0 Å². The Bertz CT molecular complexity index is 2990. The molecule has 16 aliphatic rings. The van der Waals surface area contributed by atoms with Crippen LogP contribution < -0.4 is 21.3 Å². The van der Waals surface area contributed by atoms with Gasteiger partial charge in [0.05, 0.1) is 8.12 Å². The molecular formula is C78H115BrClN5S3. The Labute approximate surface area is 559 Å². The van der Waals surface area contributed by atoms with E-state index in [1.54, 1.807) is 11.3 Å². The number of thiophene rings is 3. The third kappa shape index (κ3) is 14.4. The van der Waals surface area contributed by atoms with Crippen molar-refractivity contribution in [2.45, 2.75) is 273 Å². The van der Waals surface area contributed by atoms with Gasteiger partial charge in [0.1, 0.15) is 0 Å². The van der Waals surface area contributed by atoms with Gasteiger partial charge in [-0.2, -0.15) is 0 Å². The summed E-state index contributed by atoms with van der Waals surface area (Å²) < 4.78 is 3.63. The largest absolute Gasteiger partial charge is 0.357 e. The van der Waals surface area contributed by atoms with E-state index in [1.807, 2.05) is 28.7 Å².